The van der Waals surface area contributed by atoms with E-state index in [4.69, 9.17) is 14.7 Å². The fourth-order valence-electron chi connectivity index (χ4n) is 3.10. The minimum atomic E-state index is -1.81. The van der Waals surface area contributed by atoms with Crippen molar-refractivity contribution in [3.05, 3.63) is 54.1 Å². The molecule has 3 nitrogen and oxygen atoms in total. The summed E-state index contributed by atoms with van der Waals surface area (Å²) < 4.78 is 5.10. The van der Waals surface area contributed by atoms with Crippen LogP contribution < -0.4 is 4.65 Å². The molecule has 0 aliphatic rings. The number of benzene rings is 2. The summed E-state index contributed by atoms with van der Waals surface area (Å²) in [5.74, 6) is 0.477. The predicted octanol–water partition coefficient (Wildman–Crippen LogP) is 5.00. The summed E-state index contributed by atoms with van der Waals surface area (Å²) in [6.07, 6.45) is 10.3. The summed E-state index contributed by atoms with van der Waals surface area (Å²) in [4.78, 5) is 0. The van der Waals surface area contributed by atoms with Crippen molar-refractivity contribution in [1.29, 1.82) is 0 Å². The molecule has 0 aliphatic heterocycles. The van der Waals surface area contributed by atoms with Crippen LogP contribution >= 0.6 is 0 Å². The van der Waals surface area contributed by atoms with Gasteiger partial charge in [-0.3, -0.25) is 0 Å². The molecule has 0 saturated heterocycles. The molecule has 0 bridgehead atoms. The first kappa shape index (κ1) is 19.5. The Labute approximate surface area is 151 Å². The highest BCUT2D eigenvalue weighted by Crippen LogP contribution is 2.30. The third-order valence-corrected chi connectivity index (χ3v) is 4.43. The predicted molar refractivity (Wildman–Crippen MR) is 104 cm³/mol. The molecule has 4 heteroatoms. The van der Waals surface area contributed by atoms with Gasteiger partial charge in [-0.15, -0.1) is 0 Å². The van der Waals surface area contributed by atoms with E-state index in [1.165, 1.54) is 50.5 Å². The van der Waals surface area contributed by atoms with E-state index in [0.29, 0.717) is 5.75 Å². The third kappa shape index (κ3) is 6.93. The molecule has 2 aromatic rings. The molecule has 0 spiro atoms. The summed E-state index contributed by atoms with van der Waals surface area (Å²) >= 11 is 0. The molecule has 0 aromatic heterocycles. The van der Waals surface area contributed by atoms with Crippen LogP contribution in [0.4, 0.5) is 0 Å². The first-order chi connectivity index (χ1) is 12.2. The van der Waals surface area contributed by atoms with Crippen molar-refractivity contribution < 1.29 is 14.7 Å². The van der Waals surface area contributed by atoms with Gasteiger partial charge in [0.05, 0.1) is 0 Å². The summed E-state index contributed by atoms with van der Waals surface area (Å²) in [5, 5.41) is 18.2. The number of unbranched alkanes of at least 4 members (excludes halogenated alkanes) is 6. The number of para-hydroxylation sites is 1. The van der Waals surface area contributed by atoms with Crippen LogP contribution in [0.1, 0.15) is 57.4 Å². The molecule has 0 heterocycles. The molecule has 0 atom stereocenters. The molecule has 2 aromatic carbocycles. The Bertz CT molecular complexity index is 628. The maximum absolute atomic E-state index is 9.09. The second-order valence-electron chi connectivity index (χ2n) is 6.51. The Morgan fingerprint density at radius 1 is 0.840 bits per heavy atom. The van der Waals surface area contributed by atoms with Crippen LogP contribution in [0.5, 0.6) is 5.75 Å². The van der Waals surface area contributed by atoms with Gasteiger partial charge in [-0.05, 0) is 30.0 Å². The van der Waals surface area contributed by atoms with Gasteiger partial charge in [-0.1, -0.05) is 87.9 Å². The summed E-state index contributed by atoms with van der Waals surface area (Å²) in [6, 6.07) is 15.8. The van der Waals surface area contributed by atoms with Gasteiger partial charge in [-0.2, -0.15) is 0 Å². The molecule has 0 unspecified atom stereocenters. The van der Waals surface area contributed by atoms with Gasteiger partial charge in [0.1, 0.15) is 5.75 Å². The van der Waals surface area contributed by atoms with Gasteiger partial charge < -0.3 is 14.7 Å². The standard InChI is InChI=1S/C21H29BO3/c1-2-3-4-5-6-7-8-12-18-13-11-14-19(17-18)20-15-9-10-16-21(20)25-22(23)24/h9-11,13-17,23-24H,2-8,12H2,1H3. The number of rotatable bonds is 11. The van der Waals surface area contributed by atoms with Crippen molar-refractivity contribution >= 4 is 7.32 Å². The van der Waals surface area contributed by atoms with Gasteiger partial charge in [0.15, 0.2) is 0 Å². The van der Waals surface area contributed by atoms with Crippen LogP contribution in [0.2, 0.25) is 0 Å². The molecule has 0 amide bonds. The smallest absolute Gasteiger partial charge is 0.512 e. The quantitative estimate of drug-likeness (QED) is 0.447. The average Bonchev–Trinajstić information content (AvgIpc) is 2.61. The molecule has 0 saturated carbocycles. The van der Waals surface area contributed by atoms with Gasteiger partial charge in [0.25, 0.3) is 0 Å². The van der Waals surface area contributed by atoms with Gasteiger partial charge >= 0.3 is 7.32 Å². The van der Waals surface area contributed by atoms with Crippen LogP contribution in [0, 0.1) is 0 Å². The highest BCUT2D eigenvalue weighted by atomic mass is 16.6. The number of hydrogen-bond acceptors (Lipinski definition) is 3. The van der Waals surface area contributed by atoms with Gasteiger partial charge in [0, 0.05) is 5.56 Å². The van der Waals surface area contributed by atoms with Crippen LogP contribution in [0.25, 0.3) is 11.1 Å². The highest BCUT2D eigenvalue weighted by Gasteiger charge is 2.14. The molecule has 0 radical (unpaired) electrons. The minimum Gasteiger partial charge on any atom is -0.512 e. The van der Waals surface area contributed by atoms with Crippen LogP contribution in [0.15, 0.2) is 48.5 Å². The molecule has 134 valence electrons. The molecular weight excluding hydrogens is 311 g/mol. The van der Waals surface area contributed by atoms with Crippen molar-refractivity contribution in [3.63, 3.8) is 0 Å². The Hall–Kier alpha value is -1.78. The first-order valence-electron chi connectivity index (χ1n) is 9.42. The van der Waals surface area contributed by atoms with E-state index in [-0.39, 0.29) is 0 Å². The zero-order valence-corrected chi connectivity index (χ0v) is 15.2. The zero-order chi connectivity index (χ0) is 17.9. The van der Waals surface area contributed by atoms with Crippen molar-refractivity contribution in [3.8, 4) is 16.9 Å². The highest BCUT2D eigenvalue weighted by molar-refractivity contribution is 6.34. The molecule has 0 fully saturated rings. The largest absolute Gasteiger partial charge is 0.707 e. The van der Waals surface area contributed by atoms with Crippen molar-refractivity contribution in [2.75, 3.05) is 0 Å². The Morgan fingerprint density at radius 2 is 1.56 bits per heavy atom. The average molecular weight is 340 g/mol. The zero-order valence-electron chi connectivity index (χ0n) is 15.2. The van der Waals surface area contributed by atoms with E-state index in [1.807, 2.05) is 24.3 Å². The van der Waals surface area contributed by atoms with Crippen molar-refractivity contribution in [2.24, 2.45) is 0 Å². The summed E-state index contributed by atoms with van der Waals surface area (Å²) in [6.45, 7) is 2.25. The number of aryl methyl sites for hydroxylation is 1. The van der Waals surface area contributed by atoms with Crippen LogP contribution in [-0.2, 0) is 6.42 Å². The maximum atomic E-state index is 9.09. The van der Waals surface area contributed by atoms with E-state index < -0.39 is 7.32 Å². The van der Waals surface area contributed by atoms with Crippen molar-refractivity contribution in [1.82, 2.24) is 0 Å². The van der Waals surface area contributed by atoms with E-state index >= 15 is 0 Å². The SMILES string of the molecule is CCCCCCCCCc1cccc(-c2ccccc2OB(O)O)c1. The summed E-state index contributed by atoms with van der Waals surface area (Å²) in [7, 11) is -1.81. The lowest BCUT2D eigenvalue weighted by atomic mass is 9.98. The maximum Gasteiger partial charge on any atom is 0.707 e. The Morgan fingerprint density at radius 3 is 2.32 bits per heavy atom. The summed E-state index contributed by atoms with van der Waals surface area (Å²) in [5.41, 5.74) is 3.22. The van der Waals surface area contributed by atoms with E-state index in [2.05, 4.69) is 25.1 Å². The fourth-order valence-corrected chi connectivity index (χ4v) is 3.10. The van der Waals surface area contributed by atoms with Gasteiger partial charge in [0.2, 0.25) is 0 Å². The second-order valence-corrected chi connectivity index (χ2v) is 6.51. The molecule has 2 rings (SSSR count). The lowest BCUT2D eigenvalue weighted by Crippen LogP contribution is -2.20. The van der Waals surface area contributed by atoms with Crippen LogP contribution in [0.3, 0.4) is 0 Å². The molecule has 0 aliphatic carbocycles. The topological polar surface area (TPSA) is 49.7 Å². The normalized spacial score (nSPS) is 10.7. The fraction of sp³-hybridized carbons (Fsp3) is 0.429. The van der Waals surface area contributed by atoms with E-state index in [0.717, 1.165) is 17.5 Å². The Balaban J connectivity index is 1.93. The Kier molecular flexibility index (Phi) is 8.57. The second kappa shape index (κ2) is 11.0. The lowest BCUT2D eigenvalue weighted by molar-refractivity contribution is 0.288. The lowest BCUT2D eigenvalue weighted by Gasteiger charge is -2.12. The third-order valence-electron chi connectivity index (χ3n) is 4.43. The van der Waals surface area contributed by atoms with Gasteiger partial charge in [-0.25, -0.2) is 0 Å². The monoisotopic (exact) mass is 340 g/mol. The van der Waals surface area contributed by atoms with E-state index in [1.54, 1.807) is 6.07 Å². The molecular formula is C21H29BO3. The van der Waals surface area contributed by atoms with E-state index in [9.17, 15) is 0 Å². The number of hydrogen-bond donors (Lipinski definition) is 2. The van der Waals surface area contributed by atoms with Crippen LogP contribution in [-0.4, -0.2) is 17.4 Å². The minimum absolute atomic E-state index is 0.477. The van der Waals surface area contributed by atoms with Crippen molar-refractivity contribution in [2.45, 2.75) is 58.3 Å². The first-order valence-corrected chi connectivity index (χ1v) is 9.42. The molecule has 2 N–H and O–H groups in total. The molecule has 25 heavy (non-hydrogen) atoms.